The lowest BCUT2D eigenvalue weighted by Gasteiger charge is -2.07. The molecule has 0 saturated heterocycles. The van der Waals surface area contributed by atoms with Gasteiger partial charge in [0.1, 0.15) is 0 Å². The lowest BCUT2D eigenvalue weighted by molar-refractivity contribution is 0.422. The Labute approximate surface area is 68.6 Å². The fourth-order valence-electron chi connectivity index (χ4n) is 0.818. The van der Waals surface area contributed by atoms with E-state index in [-0.39, 0.29) is 13.0 Å². The van der Waals surface area contributed by atoms with Gasteiger partial charge in [0.2, 0.25) is 0 Å². The minimum absolute atomic E-state index is 0.0979. The second-order valence-electron chi connectivity index (χ2n) is 3.01. The summed E-state index contributed by atoms with van der Waals surface area (Å²) in [5.41, 5.74) is 0. The van der Waals surface area contributed by atoms with E-state index >= 15 is 0 Å². The summed E-state index contributed by atoms with van der Waals surface area (Å²) < 4.78 is 29.7. The zero-order valence-corrected chi connectivity index (χ0v) is 8.36. The van der Waals surface area contributed by atoms with Crippen molar-refractivity contribution in [3.8, 4) is 0 Å². The molecule has 0 fully saturated rings. The van der Waals surface area contributed by atoms with Gasteiger partial charge in [-0.05, 0) is 18.9 Å². The molecule has 0 spiro atoms. The summed E-state index contributed by atoms with van der Waals surface area (Å²) in [5.74, 6) is 0. The summed E-state index contributed by atoms with van der Waals surface area (Å²) >= 11 is 0. The minimum Gasteiger partial charge on any atom is -0.439 e. The van der Waals surface area contributed by atoms with Gasteiger partial charge in [0, 0.05) is 7.11 Å². The molecule has 0 aliphatic carbocycles. The van der Waals surface area contributed by atoms with Crippen LogP contribution in [0.1, 0.15) is 6.42 Å². The van der Waals surface area contributed by atoms with E-state index < -0.39 is 8.74 Å². The second kappa shape index (κ2) is 4.88. The second-order valence-corrected chi connectivity index (χ2v) is 5.65. The number of rotatable bonds is 5. The van der Waals surface area contributed by atoms with E-state index in [1.165, 1.54) is 0 Å². The van der Waals surface area contributed by atoms with Crippen LogP contribution >= 0.6 is 0 Å². The molecule has 0 atom stereocenters. The zero-order chi connectivity index (χ0) is 8.91. The molecule has 0 aromatic heterocycles. The highest BCUT2D eigenvalue weighted by atomic mass is 28.4. The highest BCUT2D eigenvalue weighted by Gasteiger charge is 2.27. The van der Waals surface area contributed by atoms with Gasteiger partial charge in [0.15, 0.2) is 0 Å². The smallest absolute Gasteiger partial charge is 0.422 e. The summed E-state index contributed by atoms with van der Waals surface area (Å²) in [4.78, 5) is 0. The lowest BCUT2D eigenvalue weighted by Crippen LogP contribution is -2.17. The third-order valence-electron chi connectivity index (χ3n) is 1.63. The van der Waals surface area contributed by atoms with Gasteiger partial charge >= 0.3 is 8.74 Å². The number of hydrogen-bond acceptors (Lipinski definition) is 1. The van der Waals surface area contributed by atoms with Gasteiger partial charge in [0.25, 0.3) is 6.92 Å². The Hall–Kier alpha value is 0.102. The largest absolute Gasteiger partial charge is 0.439 e. The van der Waals surface area contributed by atoms with Crippen molar-refractivity contribution in [1.29, 1.82) is 0 Å². The van der Waals surface area contributed by atoms with Crippen LogP contribution in [-0.4, -0.2) is 22.8 Å². The van der Waals surface area contributed by atoms with Crippen molar-refractivity contribution < 1.29 is 12.9 Å². The minimum atomic E-state index is -3.79. The molecular formula is C6H15BF2OSi. The Bertz CT molecular complexity index is 107. The van der Waals surface area contributed by atoms with Crippen LogP contribution in [0.5, 0.6) is 0 Å². The Morgan fingerprint density at radius 3 is 2.36 bits per heavy atom. The molecule has 0 unspecified atom stereocenters. The van der Waals surface area contributed by atoms with Crippen molar-refractivity contribution in [2.75, 3.05) is 7.11 Å². The fraction of sp³-hybridized carbons (Fsp3) is 1.00. The number of hydrogen-bond donors (Lipinski definition) is 0. The molecule has 0 aromatic carbocycles. The summed E-state index contributed by atoms with van der Waals surface area (Å²) in [6.45, 7) is 3.10. The predicted molar refractivity (Wildman–Crippen MR) is 46.7 cm³/mol. The Balaban J connectivity index is 3.28. The van der Waals surface area contributed by atoms with Crippen LogP contribution in [0.3, 0.4) is 0 Å². The van der Waals surface area contributed by atoms with Crippen molar-refractivity contribution in [2.45, 2.75) is 32.2 Å². The molecule has 0 rings (SSSR count). The molecule has 66 valence electrons. The molecule has 0 bridgehead atoms. The summed E-state index contributed by atoms with van der Waals surface area (Å²) in [5, 5.41) is 0. The van der Waals surface area contributed by atoms with E-state index in [0.29, 0.717) is 6.42 Å². The molecule has 5 heteroatoms. The maximum Gasteiger partial charge on any atom is 0.422 e. The van der Waals surface area contributed by atoms with E-state index in [0.717, 1.165) is 12.9 Å². The first-order chi connectivity index (χ1) is 4.95. The monoisotopic (exact) mass is 180 g/mol. The van der Waals surface area contributed by atoms with Gasteiger partial charge in [-0.25, -0.2) is 0 Å². The first-order valence-corrected chi connectivity index (χ1v) is 6.32. The van der Waals surface area contributed by atoms with Crippen LogP contribution in [0, 0.1) is 0 Å². The first kappa shape index (κ1) is 11.1. The van der Waals surface area contributed by atoms with E-state index in [1.54, 1.807) is 7.11 Å². The molecule has 0 aliphatic heterocycles. The summed E-state index contributed by atoms with van der Waals surface area (Å²) in [7, 11) is -2.19. The van der Waals surface area contributed by atoms with Crippen LogP contribution in [0.15, 0.2) is 0 Å². The van der Waals surface area contributed by atoms with Gasteiger partial charge in [-0.2, -0.15) is 0 Å². The molecule has 0 amide bonds. The Morgan fingerprint density at radius 1 is 1.45 bits per heavy atom. The molecule has 0 aromatic rings. The van der Waals surface area contributed by atoms with Gasteiger partial charge in [-0.1, -0.05) is 13.2 Å². The van der Waals surface area contributed by atoms with Gasteiger partial charge in [-0.15, -0.1) is 0 Å². The lowest BCUT2D eigenvalue weighted by atomic mass is 9.67. The molecule has 1 nitrogen and oxygen atoms in total. The normalized spacial score (nSPS) is 11.7. The molecular weight excluding hydrogens is 165 g/mol. The van der Waals surface area contributed by atoms with Crippen molar-refractivity contribution in [3.05, 3.63) is 0 Å². The SMILES string of the molecule is COB(C)CCC[Si](C)(F)F. The quantitative estimate of drug-likeness (QED) is 0.466. The van der Waals surface area contributed by atoms with Gasteiger partial charge in [-0.3, -0.25) is 8.22 Å². The first-order valence-electron chi connectivity index (χ1n) is 3.86. The van der Waals surface area contributed by atoms with E-state index in [4.69, 9.17) is 4.65 Å². The van der Waals surface area contributed by atoms with Crippen molar-refractivity contribution >= 4 is 15.7 Å². The van der Waals surface area contributed by atoms with Crippen LogP contribution < -0.4 is 0 Å². The summed E-state index contributed by atoms with van der Waals surface area (Å²) in [6, 6.07) is 0.0979. The highest BCUT2D eigenvalue weighted by Crippen LogP contribution is 2.17. The fourth-order valence-corrected chi connectivity index (χ4v) is 1.64. The molecule has 0 aliphatic rings. The van der Waals surface area contributed by atoms with Crippen LogP contribution in [0.4, 0.5) is 8.22 Å². The van der Waals surface area contributed by atoms with Crippen LogP contribution in [0.2, 0.25) is 25.7 Å². The average Bonchev–Trinajstić information content (AvgIpc) is 1.85. The van der Waals surface area contributed by atoms with E-state index in [2.05, 4.69) is 0 Å². The molecule has 0 N–H and O–H groups in total. The molecule has 0 saturated carbocycles. The van der Waals surface area contributed by atoms with E-state index in [1.807, 2.05) is 6.82 Å². The van der Waals surface area contributed by atoms with Crippen molar-refractivity contribution in [3.63, 3.8) is 0 Å². The van der Waals surface area contributed by atoms with E-state index in [9.17, 15) is 8.22 Å². The third-order valence-corrected chi connectivity index (χ3v) is 2.86. The Kier molecular flexibility index (Phi) is 4.92. The van der Waals surface area contributed by atoms with Gasteiger partial charge < -0.3 is 4.65 Å². The summed E-state index contributed by atoms with van der Waals surface area (Å²) in [6.07, 6.45) is 1.33. The highest BCUT2D eigenvalue weighted by molar-refractivity contribution is 6.64. The third kappa shape index (κ3) is 8.00. The standard InChI is InChI=1S/C6H15BF2OSi/c1-7(10-2)5-4-6-11(3,8)9/h4-6H2,1-3H3. The molecule has 0 heterocycles. The van der Waals surface area contributed by atoms with Crippen molar-refractivity contribution in [2.24, 2.45) is 0 Å². The maximum atomic E-state index is 12.4. The maximum absolute atomic E-state index is 12.4. The molecule has 0 radical (unpaired) electrons. The van der Waals surface area contributed by atoms with Gasteiger partial charge in [0.05, 0.1) is 0 Å². The average molecular weight is 180 g/mol. The molecule has 11 heavy (non-hydrogen) atoms. The topological polar surface area (TPSA) is 9.23 Å². The number of halogens is 2. The predicted octanol–water partition coefficient (Wildman–Crippen LogP) is 2.66. The zero-order valence-electron chi connectivity index (χ0n) is 7.36. The Morgan fingerprint density at radius 2 is 2.00 bits per heavy atom. The van der Waals surface area contributed by atoms with Crippen molar-refractivity contribution in [1.82, 2.24) is 0 Å². The van der Waals surface area contributed by atoms with Crippen LogP contribution in [-0.2, 0) is 4.65 Å². The van der Waals surface area contributed by atoms with Crippen LogP contribution in [0.25, 0.3) is 0 Å².